The van der Waals surface area contributed by atoms with Crippen LogP contribution in [0.4, 0.5) is 0 Å². The van der Waals surface area contributed by atoms with Gasteiger partial charge in [-0.1, -0.05) is 6.42 Å². The molecule has 1 saturated carbocycles. The topological polar surface area (TPSA) is 64.7 Å². The molecule has 0 radical (unpaired) electrons. The SMILES string of the molecule is Cc1nn(C)c(-n2ccnc2C)c1C(=O)NC(C)C1CCC1. The molecule has 118 valence electrons. The van der Waals surface area contributed by atoms with Crippen molar-refractivity contribution in [2.24, 2.45) is 13.0 Å². The van der Waals surface area contributed by atoms with Crippen LogP contribution in [-0.4, -0.2) is 31.3 Å². The van der Waals surface area contributed by atoms with E-state index in [9.17, 15) is 4.79 Å². The van der Waals surface area contributed by atoms with Crippen LogP contribution < -0.4 is 5.32 Å². The number of rotatable bonds is 4. The third kappa shape index (κ3) is 2.42. The predicted octanol–water partition coefficient (Wildman–Crippen LogP) is 2.14. The van der Waals surface area contributed by atoms with Crippen LogP contribution in [0, 0.1) is 19.8 Å². The van der Waals surface area contributed by atoms with Crippen molar-refractivity contribution in [3.63, 3.8) is 0 Å². The van der Waals surface area contributed by atoms with Crippen LogP contribution in [0.3, 0.4) is 0 Å². The second kappa shape index (κ2) is 5.59. The Morgan fingerprint density at radius 2 is 2.14 bits per heavy atom. The fourth-order valence-corrected chi connectivity index (χ4v) is 3.13. The number of hydrogen-bond donors (Lipinski definition) is 1. The first-order chi connectivity index (χ1) is 10.5. The number of carbonyl (C=O) groups is 1. The van der Waals surface area contributed by atoms with Gasteiger partial charge in [-0.25, -0.2) is 4.98 Å². The van der Waals surface area contributed by atoms with Crippen LogP contribution in [0.2, 0.25) is 0 Å². The van der Waals surface area contributed by atoms with Crippen LogP contribution in [0.25, 0.3) is 5.82 Å². The molecule has 0 aromatic carbocycles. The van der Waals surface area contributed by atoms with E-state index >= 15 is 0 Å². The number of nitrogens with one attached hydrogen (secondary N) is 1. The van der Waals surface area contributed by atoms with Crippen LogP contribution in [-0.2, 0) is 7.05 Å². The summed E-state index contributed by atoms with van der Waals surface area (Å²) in [6.45, 7) is 5.88. The summed E-state index contributed by atoms with van der Waals surface area (Å²) in [4.78, 5) is 17.0. The number of imidazole rings is 1. The van der Waals surface area contributed by atoms with Crippen molar-refractivity contribution >= 4 is 5.91 Å². The minimum absolute atomic E-state index is 0.0481. The number of hydrogen-bond acceptors (Lipinski definition) is 3. The van der Waals surface area contributed by atoms with E-state index in [0.717, 1.165) is 17.3 Å². The minimum Gasteiger partial charge on any atom is -0.349 e. The van der Waals surface area contributed by atoms with E-state index in [4.69, 9.17) is 0 Å². The van der Waals surface area contributed by atoms with Gasteiger partial charge in [-0.05, 0) is 39.5 Å². The summed E-state index contributed by atoms with van der Waals surface area (Å²) >= 11 is 0. The lowest BCUT2D eigenvalue weighted by atomic mass is 9.80. The van der Waals surface area contributed by atoms with E-state index in [1.165, 1.54) is 19.3 Å². The molecular weight excluding hydrogens is 278 g/mol. The summed E-state index contributed by atoms with van der Waals surface area (Å²) in [6.07, 6.45) is 7.28. The molecule has 1 amide bonds. The Bertz CT molecular complexity index is 695. The van der Waals surface area contributed by atoms with Crippen molar-refractivity contribution in [2.45, 2.75) is 46.1 Å². The maximum absolute atomic E-state index is 12.8. The molecule has 1 N–H and O–H groups in total. The number of aromatic nitrogens is 4. The molecule has 1 fully saturated rings. The molecule has 1 aliphatic rings. The lowest BCUT2D eigenvalue weighted by Gasteiger charge is -2.31. The quantitative estimate of drug-likeness (QED) is 0.941. The first kappa shape index (κ1) is 14.8. The Morgan fingerprint density at radius 3 is 2.68 bits per heavy atom. The van der Waals surface area contributed by atoms with Gasteiger partial charge in [0.2, 0.25) is 0 Å². The number of aryl methyl sites for hydroxylation is 3. The van der Waals surface area contributed by atoms with E-state index < -0.39 is 0 Å². The number of carbonyl (C=O) groups excluding carboxylic acids is 1. The summed E-state index contributed by atoms with van der Waals surface area (Å²) in [5, 5.41) is 7.57. The van der Waals surface area contributed by atoms with E-state index in [1.54, 1.807) is 10.9 Å². The molecule has 2 heterocycles. The van der Waals surface area contributed by atoms with Crippen molar-refractivity contribution in [3.05, 3.63) is 29.5 Å². The van der Waals surface area contributed by atoms with Gasteiger partial charge in [-0.3, -0.25) is 14.0 Å². The van der Waals surface area contributed by atoms with Crippen LogP contribution in [0.1, 0.15) is 48.1 Å². The van der Waals surface area contributed by atoms with Gasteiger partial charge in [0, 0.05) is 25.5 Å². The molecule has 0 spiro atoms. The van der Waals surface area contributed by atoms with E-state index in [-0.39, 0.29) is 11.9 Å². The van der Waals surface area contributed by atoms with E-state index in [0.29, 0.717) is 11.5 Å². The normalized spacial score (nSPS) is 16.4. The molecule has 6 heteroatoms. The second-order valence-electron chi connectivity index (χ2n) is 6.21. The summed E-state index contributed by atoms with van der Waals surface area (Å²) < 4.78 is 3.65. The first-order valence-electron chi connectivity index (χ1n) is 7.83. The zero-order valence-corrected chi connectivity index (χ0v) is 13.6. The molecule has 2 aromatic rings. The largest absolute Gasteiger partial charge is 0.349 e. The molecular formula is C16H23N5O. The maximum atomic E-state index is 12.8. The molecule has 0 aliphatic heterocycles. The first-order valence-corrected chi connectivity index (χ1v) is 7.83. The molecule has 1 unspecified atom stereocenters. The smallest absolute Gasteiger partial charge is 0.257 e. The Hall–Kier alpha value is -2.11. The Morgan fingerprint density at radius 1 is 1.41 bits per heavy atom. The van der Waals surface area contributed by atoms with Crippen molar-refractivity contribution in [3.8, 4) is 5.82 Å². The summed E-state index contributed by atoms with van der Waals surface area (Å²) in [5.41, 5.74) is 1.37. The molecule has 6 nitrogen and oxygen atoms in total. The Kier molecular flexibility index (Phi) is 3.76. The van der Waals surface area contributed by atoms with Crippen LogP contribution in [0.15, 0.2) is 12.4 Å². The van der Waals surface area contributed by atoms with Gasteiger partial charge in [0.1, 0.15) is 17.2 Å². The van der Waals surface area contributed by atoms with Gasteiger partial charge >= 0.3 is 0 Å². The fourth-order valence-electron chi connectivity index (χ4n) is 3.13. The standard InChI is InChI=1S/C16H23N5O/c1-10(13-6-5-7-13)18-15(22)14-11(2)19-20(4)16(14)21-9-8-17-12(21)3/h8-10,13H,5-7H2,1-4H3,(H,18,22). The Balaban J connectivity index is 1.93. The molecule has 0 bridgehead atoms. The Labute approximate surface area is 130 Å². The lowest BCUT2D eigenvalue weighted by Crippen LogP contribution is -2.41. The van der Waals surface area contributed by atoms with Gasteiger partial charge in [0.05, 0.1) is 5.69 Å². The molecule has 3 rings (SSSR count). The predicted molar refractivity (Wildman–Crippen MR) is 84.1 cm³/mol. The van der Waals surface area contributed by atoms with Crippen molar-refractivity contribution in [1.82, 2.24) is 24.6 Å². The van der Waals surface area contributed by atoms with Crippen LogP contribution >= 0.6 is 0 Å². The van der Waals surface area contributed by atoms with E-state index in [1.807, 2.05) is 31.7 Å². The molecule has 22 heavy (non-hydrogen) atoms. The van der Waals surface area contributed by atoms with Gasteiger partial charge in [-0.2, -0.15) is 5.10 Å². The zero-order valence-electron chi connectivity index (χ0n) is 13.6. The zero-order chi connectivity index (χ0) is 15.9. The summed E-state index contributed by atoms with van der Waals surface area (Å²) in [5.74, 6) is 2.17. The molecule has 0 saturated heterocycles. The average Bonchev–Trinajstić information content (AvgIpc) is 2.89. The van der Waals surface area contributed by atoms with Gasteiger partial charge in [0.15, 0.2) is 0 Å². The molecule has 2 aromatic heterocycles. The average molecular weight is 301 g/mol. The molecule has 1 atom stereocenters. The van der Waals surface area contributed by atoms with Crippen molar-refractivity contribution in [1.29, 1.82) is 0 Å². The highest BCUT2D eigenvalue weighted by Crippen LogP contribution is 2.29. The molecule has 1 aliphatic carbocycles. The monoisotopic (exact) mass is 301 g/mol. The van der Waals surface area contributed by atoms with Gasteiger partial charge in [0.25, 0.3) is 5.91 Å². The highest BCUT2D eigenvalue weighted by atomic mass is 16.1. The second-order valence-corrected chi connectivity index (χ2v) is 6.21. The number of amides is 1. The highest BCUT2D eigenvalue weighted by Gasteiger charge is 2.28. The lowest BCUT2D eigenvalue weighted by molar-refractivity contribution is 0.0908. The van der Waals surface area contributed by atoms with Crippen molar-refractivity contribution in [2.75, 3.05) is 0 Å². The third-order valence-corrected chi connectivity index (χ3v) is 4.69. The highest BCUT2D eigenvalue weighted by molar-refractivity contribution is 5.98. The summed E-state index contributed by atoms with van der Waals surface area (Å²) in [6, 6.07) is 0.206. The maximum Gasteiger partial charge on any atom is 0.257 e. The third-order valence-electron chi connectivity index (χ3n) is 4.69. The summed E-state index contributed by atoms with van der Waals surface area (Å²) in [7, 11) is 1.86. The van der Waals surface area contributed by atoms with E-state index in [2.05, 4.69) is 22.3 Å². The fraction of sp³-hybridized carbons (Fsp3) is 0.562. The van der Waals surface area contributed by atoms with Crippen LogP contribution in [0.5, 0.6) is 0 Å². The van der Waals surface area contributed by atoms with Gasteiger partial charge < -0.3 is 5.32 Å². The minimum atomic E-state index is -0.0481. The van der Waals surface area contributed by atoms with Crippen molar-refractivity contribution < 1.29 is 4.79 Å². The van der Waals surface area contributed by atoms with Gasteiger partial charge in [-0.15, -0.1) is 0 Å². The number of nitrogens with zero attached hydrogens (tertiary/aromatic N) is 4.